The van der Waals surface area contributed by atoms with Crippen molar-refractivity contribution in [1.29, 1.82) is 0 Å². The molecule has 18 heavy (non-hydrogen) atoms. The molecule has 0 saturated heterocycles. The monoisotopic (exact) mass is 347 g/mol. The van der Waals surface area contributed by atoms with Crippen molar-refractivity contribution in [2.45, 2.75) is 6.04 Å². The second-order valence-electron chi connectivity index (χ2n) is 3.76. The van der Waals surface area contributed by atoms with Crippen LogP contribution in [0, 0.1) is 5.82 Å². The predicted molar refractivity (Wildman–Crippen MR) is 76.6 cm³/mol. The molecule has 2 N–H and O–H groups in total. The predicted octanol–water partition coefficient (Wildman–Crippen LogP) is 4.94. The fourth-order valence-corrected chi connectivity index (χ4v) is 2.50. The maximum absolute atomic E-state index is 14.0. The molecular weight excluding hydrogens is 340 g/mol. The van der Waals surface area contributed by atoms with Crippen LogP contribution in [0.15, 0.2) is 40.9 Å². The molecule has 0 aliphatic rings. The first-order chi connectivity index (χ1) is 8.52. The third-order valence-electron chi connectivity index (χ3n) is 2.63. The largest absolute Gasteiger partial charge is 0.320 e. The van der Waals surface area contributed by atoms with Gasteiger partial charge in [-0.1, -0.05) is 47.5 Å². The lowest BCUT2D eigenvalue weighted by atomic mass is 9.99. The molecule has 2 aromatic rings. The fourth-order valence-electron chi connectivity index (χ4n) is 1.69. The molecule has 2 aromatic carbocycles. The van der Waals surface area contributed by atoms with Crippen LogP contribution in [-0.4, -0.2) is 0 Å². The van der Waals surface area contributed by atoms with Gasteiger partial charge in [0.15, 0.2) is 0 Å². The van der Waals surface area contributed by atoms with Crippen molar-refractivity contribution in [2.75, 3.05) is 0 Å². The first-order valence-corrected chi connectivity index (χ1v) is 6.70. The van der Waals surface area contributed by atoms with Crippen LogP contribution in [-0.2, 0) is 0 Å². The van der Waals surface area contributed by atoms with Crippen molar-refractivity contribution in [3.8, 4) is 0 Å². The Balaban J connectivity index is 2.51. The van der Waals surface area contributed by atoms with Crippen molar-refractivity contribution in [2.24, 2.45) is 5.73 Å². The maximum Gasteiger partial charge on any atom is 0.142 e. The Hall–Kier alpha value is -0.610. The van der Waals surface area contributed by atoms with E-state index in [9.17, 15) is 4.39 Å². The quantitative estimate of drug-likeness (QED) is 0.816. The minimum absolute atomic E-state index is 0.353. The Kier molecular flexibility index (Phi) is 4.28. The van der Waals surface area contributed by atoms with E-state index >= 15 is 0 Å². The van der Waals surface area contributed by atoms with Crippen LogP contribution in [0.25, 0.3) is 0 Å². The molecule has 0 spiro atoms. The average molecular weight is 349 g/mol. The lowest BCUT2D eigenvalue weighted by Gasteiger charge is -2.16. The van der Waals surface area contributed by atoms with Gasteiger partial charge in [-0.2, -0.15) is 0 Å². The van der Waals surface area contributed by atoms with E-state index in [0.717, 1.165) is 0 Å². The van der Waals surface area contributed by atoms with Crippen LogP contribution in [0.5, 0.6) is 0 Å². The number of benzene rings is 2. The van der Waals surface area contributed by atoms with Crippen LogP contribution in [0.4, 0.5) is 4.39 Å². The summed E-state index contributed by atoms with van der Waals surface area (Å²) >= 11 is 15.1. The highest BCUT2D eigenvalue weighted by Crippen LogP contribution is 2.33. The van der Waals surface area contributed by atoms with E-state index in [0.29, 0.717) is 25.6 Å². The standard InChI is InChI=1S/C13H9BrCl2FN/c14-9-5-1-4-8(12(9)17)13(18)7-3-2-6-10(15)11(7)16/h1-6,13H,18H2. The van der Waals surface area contributed by atoms with Crippen molar-refractivity contribution in [3.63, 3.8) is 0 Å². The Bertz CT molecular complexity index is 538. The zero-order valence-electron chi connectivity index (χ0n) is 9.13. The highest BCUT2D eigenvalue weighted by molar-refractivity contribution is 9.10. The normalized spacial score (nSPS) is 12.5. The van der Waals surface area contributed by atoms with Gasteiger partial charge in [-0.3, -0.25) is 0 Å². The van der Waals surface area contributed by atoms with E-state index in [4.69, 9.17) is 28.9 Å². The summed E-state index contributed by atoms with van der Waals surface area (Å²) in [7, 11) is 0. The van der Waals surface area contributed by atoms with Crippen molar-refractivity contribution >= 4 is 39.1 Å². The number of nitrogens with two attached hydrogens (primary N) is 1. The van der Waals surface area contributed by atoms with E-state index < -0.39 is 6.04 Å². The van der Waals surface area contributed by atoms with Gasteiger partial charge in [-0.15, -0.1) is 0 Å². The summed E-state index contributed by atoms with van der Waals surface area (Å²) in [5.41, 5.74) is 7.02. The Morgan fingerprint density at radius 2 is 1.67 bits per heavy atom. The summed E-state index contributed by atoms with van der Waals surface area (Å²) in [6.07, 6.45) is 0. The van der Waals surface area contributed by atoms with Gasteiger partial charge >= 0.3 is 0 Å². The summed E-state index contributed by atoms with van der Waals surface area (Å²) in [5, 5.41) is 0.756. The number of hydrogen-bond donors (Lipinski definition) is 1. The number of hydrogen-bond acceptors (Lipinski definition) is 1. The van der Waals surface area contributed by atoms with Gasteiger partial charge < -0.3 is 5.73 Å². The van der Waals surface area contributed by atoms with E-state index in [1.807, 2.05) is 0 Å². The molecule has 2 rings (SSSR count). The molecule has 1 unspecified atom stereocenters. The van der Waals surface area contributed by atoms with Crippen molar-refractivity contribution < 1.29 is 4.39 Å². The van der Waals surface area contributed by atoms with E-state index in [-0.39, 0.29) is 5.82 Å². The summed E-state index contributed by atoms with van der Waals surface area (Å²) in [5.74, 6) is -0.388. The summed E-state index contributed by atoms with van der Waals surface area (Å²) in [4.78, 5) is 0. The van der Waals surface area contributed by atoms with E-state index in [1.54, 1.807) is 36.4 Å². The number of halogens is 4. The Labute approximate surface area is 123 Å². The molecule has 0 aliphatic heterocycles. The smallest absolute Gasteiger partial charge is 0.142 e. The first kappa shape index (κ1) is 13.8. The topological polar surface area (TPSA) is 26.0 Å². The molecule has 0 amide bonds. The Morgan fingerprint density at radius 3 is 2.39 bits per heavy atom. The fraction of sp³-hybridized carbons (Fsp3) is 0.0769. The molecule has 1 nitrogen and oxygen atoms in total. The van der Waals surface area contributed by atoms with Crippen LogP contribution in [0.1, 0.15) is 17.2 Å². The van der Waals surface area contributed by atoms with E-state index in [2.05, 4.69) is 15.9 Å². The third kappa shape index (κ3) is 2.54. The second kappa shape index (κ2) is 5.57. The zero-order valence-corrected chi connectivity index (χ0v) is 12.2. The molecule has 0 aliphatic carbocycles. The average Bonchev–Trinajstić information content (AvgIpc) is 2.35. The molecule has 0 bridgehead atoms. The van der Waals surface area contributed by atoms with Gasteiger partial charge in [0.25, 0.3) is 0 Å². The van der Waals surface area contributed by atoms with Gasteiger partial charge in [0.2, 0.25) is 0 Å². The lowest BCUT2D eigenvalue weighted by molar-refractivity contribution is 0.593. The first-order valence-electron chi connectivity index (χ1n) is 5.15. The van der Waals surface area contributed by atoms with Gasteiger partial charge in [-0.05, 0) is 33.6 Å². The Morgan fingerprint density at radius 1 is 1.06 bits per heavy atom. The van der Waals surface area contributed by atoms with Crippen molar-refractivity contribution in [1.82, 2.24) is 0 Å². The molecule has 0 heterocycles. The summed E-state index contributed by atoms with van der Waals surface area (Å²) < 4.78 is 14.3. The summed E-state index contributed by atoms with van der Waals surface area (Å²) in [6, 6.07) is 9.44. The lowest BCUT2D eigenvalue weighted by Crippen LogP contribution is -2.14. The molecule has 1 atom stereocenters. The second-order valence-corrected chi connectivity index (χ2v) is 5.40. The van der Waals surface area contributed by atoms with Gasteiger partial charge in [0, 0.05) is 5.56 Å². The van der Waals surface area contributed by atoms with Crippen LogP contribution < -0.4 is 5.73 Å². The molecule has 94 valence electrons. The highest BCUT2D eigenvalue weighted by Gasteiger charge is 2.18. The van der Waals surface area contributed by atoms with Crippen LogP contribution >= 0.6 is 39.1 Å². The SMILES string of the molecule is NC(c1cccc(Br)c1F)c1cccc(Cl)c1Cl. The molecule has 0 saturated carbocycles. The molecule has 0 radical (unpaired) electrons. The van der Waals surface area contributed by atoms with Gasteiger partial charge in [-0.25, -0.2) is 4.39 Å². The van der Waals surface area contributed by atoms with Crippen molar-refractivity contribution in [3.05, 3.63) is 67.9 Å². The molecule has 5 heteroatoms. The highest BCUT2D eigenvalue weighted by atomic mass is 79.9. The molecule has 0 aromatic heterocycles. The molecule has 0 fully saturated rings. The number of rotatable bonds is 2. The minimum Gasteiger partial charge on any atom is -0.320 e. The summed E-state index contributed by atoms with van der Waals surface area (Å²) in [6.45, 7) is 0. The van der Waals surface area contributed by atoms with Crippen LogP contribution in [0.2, 0.25) is 10.0 Å². The van der Waals surface area contributed by atoms with Gasteiger partial charge in [0.05, 0.1) is 20.6 Å². The van der Waals surface area contributed by atoms with Gasteiger partial charge in [0.1, 0.15) is 5.82 Å². The van der Waals surface area contributed by atoms with E-state index in [1.165, 1.54) is 0 Å². The molecular formula is C13H9BrCl2FN. The maximum atomic E-state index is 14.0. The van der Waals surface area contributed by atoms with Crippen LogP contribution in [0.3, 0.4) is 0 Å². The zero-order chi connectivity index (χ0) is 13.3. The minimum atomic E-state index is -0.659. The third-order valence-corrected chi connectivity index (χ3v) is 4.08.